The zero-order chi connectivity index (χ0) is 17.8. The van der Waals surface area contributed by atoms with E-state index < -0.39 is 0 Å². The summed E-state index contributed by atoms with van der Waals surface area (Å²) in [6, 6.07) is 15.7. The smallest absolute Gasteiger partial charge is 0.254 e. The summed E-state index contributed by atoms with van der Waals surface area (Å²) in [5.74, 6) is -0.122. The van der Waals surface area contributed by atoms with Gasteiger partial charge < -0.3 is 15.1 Å². The molecular formula is C20H23N3O2. The molecule has 5 nitrogen and oxygen atoms in total. The van der Waals surface area contributed by atoms with Gasteiger partial charge in [-0.05, 0) is 36.8 Å². The van der Waals surface area contributed by atoms with E-state index in [0.29, 0.717) is 24.3 Å². The van der Waals surface area contributed by atoms with Gasteiger partial charge in [-0.15, -0.1) is 0 Å². The lowest BCUT2D eigenvalue weighted by Gasteiger charge is -2.36. The quantitative estimate of drug-likeness (QED) is 0.937. The van der Waals surface area contributed by atoms with Crippen LogP contribution in [0.2, 0.25) is 0 Å². The number of hydrogen-bond donors (Lipinski definition) is 1. The molecule has 0 saturated carbocycles. The number of para-hydroxylation sites is 1. The van der Waals surface area contributed by atoms with Gasteiger partial charge in [-0.2, -0.15) is 0 Å². The fourth-order valence-corrected chi connectivity index (χ4v) is 3.07. The number of hydrogen-bond acceptors (Lipinski definition) is 3. The highest BCUT2D eigenvalue weighted by Crippen LogP contribution is 2.20. The average Bonchev–Trinajstić information content (AvgIpc) is 2.63. The van der Waals surface area contributed by atoms with Crippen molar-refractivity contribution >= 4 is 23.2 Å². The van der Waals surface area contributed by atoms with E-state index in [0.717, 1.165) is 18.7 Å². The first-order valence-corrected chi connectivity index (χ1v) is 8.52. The molecule has 1 N–H and O–H groups in total. The van der Waals surface area contributed by atoms with Crippen molar-refractivity contribution in [1.82, 2.24) is 4.90 Å². The molecule has 1 aliphatic rings. The van der Waals surface area contributed by atoms with Gasteiger partial charge in [0.2, 0.25) is 5.91 Å². The van der Waals surface area contributed by atoms with Crippen molar-refractivity contribution in [2.24, 2.45) is 0 Å². The summed E-state index contributed by atoms with van der Waals surface area (Å²) in [5, 5.41) is 2.78. The van der Waals surface area contributed by atoms with Gasteiger partial charge in [0.1, 0.15) is 0 Å². The van der Waals surface area contributed by atoms with Gasteiger partial charge in [0.25, 0.3) is 5.91 Å². The predicted octanol–water partition coefficient (Wildman–Crippen LogP) is 2.92. The number of aryl methyl sites for hydroxylation is 1. The molecule has 0 aliphatic carbocycles. The molecule has 25 heavy (non-hydrogen) atoms. The van der Waals surface area contributed by atoms with Crippen molar-refractivity contribution in [3.8, 4) is 0 Å². The summed E-state index contributed by atoms with van der Waals surface area (Å²) in [6.07, 6.45) is 0. The van der Waals surface area contributed by atoms with Crippen LogP contribution in [0.3, 0.4) is 0 Å². The van der Waals surface area contributed by atoms with Crippen LogP contribution in [0.25, 0.3) is 0 Å². The van der Waals surface area contributed by atoms with Crippen LogP contribution in [0.1, 0.15) is 22.8 Å². The molecule has 1 saturated heterocycles. The molecule has 5 heteroatoms. The summed E-state index contributed by atoms with van der Waals surface area (Å²) in [4.78, 5) is 28.3. The van der Waals surface area contributed by atoms with Crippen molar-refractivity contribution in [1.29, 1.82) is 0 Å². The number of amides is 2. The third kappa shape index (κ3) is 3.99. The van der Waals surface area contributed by atoms with E-state index in [9.17, 15) is 9.59 Å². The molecule has 0 aromatic heterocycles. The number of benzene rings is 2. The van der Waals surface area contributed by atoms with Crippen LogP contribution in [-0.4, -0.2) is 42.9 Å². The molecule has 2 aromatic rings. The zero-order valence-electron chi connectivity index (χ0n) is 14.7. The van der Waals surface area contributed by atoms with E-state index in [1.807, 2.05) is 42.2 Å². The Morgan fingerprint density at radius 3 is 2.28 bits per heavy atom. The number of carbonyl (C=O) groups is 2. The summed E-state index contributed by atoms with van der Waals surface area (Å²) in [6.45, 7) is 6.41. The topological polar surface area (TPSA) is 52.7 Å². The van der Waals surface area contributed by atoms with Gasteiger partial charge >= 0.3 is 0 Å². The first-order valence-electron chi connectivity index (χ1n) is 8.52. The normalized spacial score (nSPS) is 14.3. The summed E-state index contributed by atoms with van der Waals surface area (Å²) in [5.41, 5.74) is 3.45. The number of nitrogens with one attached hydrogen (secondary N) is 1. The number of rotatable bonds is 3. The van der Waals surface area contributed by atoms with Crippen molar-refractivity contribution in [3.63, 3.8) is 0 Å². The van der Waals surface area contributed by atoms with Crippen LogP contribution in [0.15, 0.2) is 48.5 Å². The molecule has 1 heterocycles. The highest BCUT2D eigenvalue weighted by Gasteiger charge is 2.22. The fraction of sp³-hybridized carbons (Fsp3) is 0.300. The monoisotopic (exact) mass is 337 g/mol. The van der Waals surface area contributed by atoms with Gasteiger partial charge in [-0.1, -0.05) is 24.3 Å². The fourth-order valence-electron chi connectivity index (χ4n) is 3.07. The molecule has 0 radical (unpaired) electrons. The molecular weight excluding hydrogens is 314 g/mol. The molecule has 0 atom stereocenters. The Morgan fingerprint density at radius 2 is 1.64 bits per heavy atom. The third-order valence-electron chi connectivity index (χ3n) is 4.48. The maximum Gasteiger partial charge on any atom is 0.254 e. The van der Waals surface area contributed by atoms with Gasteiger partial charge in [-0.25, -0.2) is 0 Å². The second-order valence-corrected chi connectivity index (χ2v) is 6.33. The Bertz CT molecular complexity index is 766. The highest BCUT2D eigenvalue weighted by molar-refractivity contribution is 5.97. The SMILES string of the molecule is CC(=O)Nc1cc(C(=O)N2CCN(c3ccccc3)CC2)ccc1C. The second kappa shape index (κ2) is 7.38. The summed E-state index contributed by atoms with van der Waals surface area (Å²) >= 11 is 0. The van der Waals surface area contributed by atoms with Crippen molar-refractivity contribution in [2.45, 2.75) is 13.8 Å². The molecule has 2 aromatic carbocycles. The van der Waals surface area contributed by atoms with Crippen molar-refractivity contribution in [3.05, 3.63) is 59.7 Å². The lowest BCUT2D eigenvalue weighted by Crippen LogP contribution is -2.48. The van der Waals surface area contributed by atoms with Crippen LogP contribution < -0.4 is 10.2 Å². The Morgan fingerprint density at radius 1 is 0.960 bits per heavy atom. The number of carbonyl (C=O) groups excluding carboxylic acids is 2. The van der Waals surface area contributed by atoms with Crippen molar-refractivity contribution in [2.75, 3.05) is 36.4 Å². The highest BCUT2D eigenvalue weighted by atomic mass is 16.2. The molecule has 0 bridgehead atoms. The minimum Gasteiger partial charge on any atom is -0.368 e. The van der Waals surface area contributed by atoms with Gasteiger partial charge in [0.05, 0.1) is 0 Å². The molecule has 0 unspecified atom stereocenters. The number of nitrogens with zero attached hydrogens (tertiary/aromatic N) is 2. The van der Waals surface area contributed by atoms with E-state index in [1.165, 1.54) is 12.6 Å². The summed E-state index contributed by atoms with van der Waals surface area (Å²) in [7, 11) is 0. The van der Waals surface area contributed by atoms with E-state index in [4.69, 9.17) is 0 Å². The Balaban J connectivity index is 1.67. The van der Waals surface area contributed by atoms with E-state index in [2.05, 4.69) is 22.3 Å². The molecule has 1 fully saturated rings. The van der Waals surface area contributed by atoms with Crippen LogP contribution in [0.4, 0.5) is 11.4 Å². The van der Waals surface area contributed by atoms with Gasteiger partial charge in [0, 0.05) is 50.0 Å². The van der Waals surface area contributed by atoms with Crippen LogP contribution in [0, 0.1) is 6.92 Å². The van der Waals surface area contributed by atoms with Gasteiger partial charge in [0.15, 0.2) is 0 Å². The average molecular weight is 337 g/mol. The molecule has 0 spiro atoms. The summed E-state index contributed by atoms with van der Waals surface area (Å²) < 4.78 is 0. The standard InChI is InChI=1S/C20H23N3O2/c1-15-8-9-17(14-19(15)21-16(2)24)20(25)23-12-10-22(11-13-23)18-6-4-3-5-7-18/h3-9,14H,10-13H2,1-2H3,(H,21,24). The number of piperazine rings is 1. The second-order valence-electron chi connectivity index (χ2n) is 6.33. The maximum absolute atomic E-state index is 12.8. The first-order chi connectivity index (χ1) is 12.0. The van der Waals surface area contributed by atoms with E-state index >= 15 is 0 Å². The Labute approximate surface area is 148 Å². The lowest BCUT2D eigenvalue weighted by molar-refractivity contribution is -0.114. The van der Waals surface area contributed by atoms with Crippen LogP contribution >= 0.6 is 0 Å². The largest absolute Gasteiger partial charge is 0.368 e. The molecule has 1 aliphatic heterocycles. The zero-order valence-corrected chi connectivity index (χ0v) is 14.7. The Hall–Kier alpha value is -2.82. The van der Waals surface area contributed by atoms with Gasteiger partial charge in [-0.3, -0.25) is 9.59 Å². The number of anilines is 2. The van der Waals surface area contributed by atoms with Crippen LogP contribution in [-0.2, 0) is 4.79 Å². The maximum atomic E-state index is 12.8. The Kier molecular flexibility index (Phi) is 5.03. The molecule has 3 rings (SSSR count). The van der Waals surface area contributed by atoms with E-state index in [1.54, 1.807) is 6.07 Å². The predicted molar refractivity (Wildman–Crippen MR) is 100 cm³/mol. The van der Waals surface area contributed by atoms with E-state index in [-0.39, 0.29) is 11.8 Å². The molecule has 2 amide bonds. The first kappa shape index (κ1) is 17.0. The minimum absolute atomic E-state index is 0.0133. The molecule has 130 valence electrons. The lowest BCUT2D eigenvalue weighted by atomic mass is 10.1. The minimum atomic E-state index is -0.135. The van der Waals surface area contributed by atoms with Crippen LogP contribution in [0.5, 0.6) is 0 Å². The third-order valence-corrected chi connectivity index (χ3v) is 4.48. The van der Waals surface area contributed by atoms with Crippen molar-refractivity contribution < 1.29 is 9.59 Å².